The molecule has 0 aromatic heterocycles. The van der Waals surface area contributed by atoms with Crippen molar-refractivity contribution < 1.29 is 4.79 Å². The largest absolute Gasteiger partial charge is 0.340 e. The average molecular weight is 315 g/mol. The van der Waals surface area contributed by atoms with Gasteiger partial charge in [0.1, 0.15) is 0 Å². The smallest absolute Gasteiger partial charge is 0.240 e. The van der Waals surface area contributed by atoms with E-state index in [1.807, 2.05) is 31.3 Å². The van der Waals surface area contributed by atoms with Gasteiger partial charge in [-0.05, 0) is 11.6 Å². The van der Waals surface area contributed by atoms with E-state index < -0.39 is 0 Å². The third-order valence-electron chi connectivity index (χ3n) is 2.76. The van der Waals surface area contributed by atoms with Crippen molar-refractivity contribution in [3.8, 4) is 0 Å². The van der Waals surface area contributed by atoms with Crippen LogP contribution in [0.5, 0.6) is 0 Å². The van der Waals surface area contributed by atoms with Gasteiger partial charge in [0.2, 0.25) is 5.91 Å². The molecule has 2 rings (SSSR count). The standard InChI is InChI=1S/C12H15BrN2OS/c1-15(12(16)11-7-17-8-14-11)6-9-4-2-3-5-10(9)13/h2-5,11,14H,6-8H2,1H3. The van der Waals surface area contributed by atoms with Crippen molar-refractivity contribution in [2.75, 3.05) is 18.7 Å². The van der Waals surface area contributed by atoms with Gasteiger partial charge in [0, 0.05) is 29.7 Å². The summed E-state index contributed by atoms with van der Waals surface area (Å²) in [6.07, 6.45) is 0. The second kappa shape index (κ2) is 5.89. The Bertz CT molecular complexity index is 407. The first-order valence-electron chi connectivity index (χ1n) is 5.48. The quantitative estimate of drug-likeness (QED) is 0.927. The summed E-state index contributed by atoms with van der Waals surface area (Å²) in [5.41, 5.74) is 1.13. The number of nitrogens with zero attached hydrogens (tertiary/aromatic N) is 1. The van der Waals surface area contributed by atoms with Crippen LogP contribution in [-0.4, -0.2) is 35.5 Å². The number of thioether (sulfide) groups is 1. The minimum Gasteiger partial charge on any atom is -0.340 e. The Kier molecular flexibility index (Phi) is 4.48. The highest BCUT2D eigenvalue weighted by Crippen LogP contribution is 2.18. The van der Waals surface area contributed by atoms with Gasteiger partial charge in [-0.1, -0.05) is 34.1 Å². The molecule has 0 radical (unpaired) electrons. The Balaban J connectivity index is 1.99. The first kappa shape index (κ1) is 12.9. The first-order valence-corrected chi connectivity index (χ1v) is 7.43. The van der Waals surface area contributed by atoms with Crippen LogP contribution in [0.25, 0.3) is 0 Å². The predicted octanol–water partition coefficient (Wildman–Crippen LogP) is 2.07. The third kappa shape index (κ3) is 3.24. The Morgan fingerprint density at radius 1 is 1.59 bits per heavy atom. The lowest BCUT2D eigenvalue weighted by Gasteiger charge is -2.21. The van der Waals surface area contributed by atoms with E-state index in [2.05, 4.69) is 21.2 Å². The van der Waals surface area contributed by atoms with E-state index in [0.29, 0.717) is 6.54 Å². The Labute approximate surface area is 114 Å². The van der Waals surface area contributed by atoms with Crippen molar-refractivity contribution in [3.63, 3.8) is 0 Å². The number of carbonyl (C=O) groups is 1. The Morgan fingerprint density at radius 3 is 3.00 bits per heavy atom. The van der Waals surface area contributed by atoms with Gasteiger partial charge in [0.25, 0.3) is 0 Å². The van der Waals surface area contributed by atoms with E-state index in [9.17, 15) is 4.79 Å². The molecule has 1 N–H and O–H groups in total. The summed E-state index contributed by atoms with van der Waals surface area (Å²) >= 11 is 5.27. The summed E-state index contributed by atoms with van der Waals surface area (Å²) in [6.45, 7) is 0.642. The number of carbonyl (C=O) groups excluding carboxylic acids is 1. The lowest BCUT2D eigenvalue weighted by atomic mass is 10.2. The van der Waals surface area contributed by atoms with Gasteiger partial charge in [-0.2, -0.15) is 0 Å². The molecule has 5 heteroatoms. The molecule has 1 fully saturated rings. The van der Waals surface area contributed by atoms with Gasteiger partial charge in [-0.25, -0.2) is 0 Å². The lowest BCUT2D eigenvalue weighted by Crippen LogP contribution is -2.42. The normalized spacial score (nSPS) is 19.3. The van der Waals surface area contributed by atoms with E-state index in [0.717, 1.165) is 21.7 Å². The molecule has 1 saturated heterocycles. The maximum absolute atomic E-state index is 12.1. The van der Waals surface area contributed by atoms with Gasteiger partial charge < -0.3 is 4.90 Å². The molecule has 1 aromatic rings. The van der Waals surface area contributed by atoms with Crippen LogP contribution < -0.4 is 5.32 Å². The minimum absolute atomic E-state index is 0.0208. The van der Waals surface area contributed by atoms with E-state index in [-0.39, 0.29) is 11.9 Å². The fourth-order valence-electron chi connectivity index (χ4n) is 1.78. The maximum atomic E-state index is 12.1. The number of rotatable bonds is 3. The summed E-state index contributed by atoms with van der Waals surface area (Å²) in [4.78, 5) is 13.9. The minimum atomic E-state index is -0.0208. The first-order chi connectivity index (χ1) is 8.18. The molecule has 92 valence electrons. The highest BCUT2D eigenvalue weighted by molar-refractivity contribution is 9.10. The molecule has 3 nitrogen and oxygen atoms in total. The van der Waals surface area contributed by atoms with Crippen LogP contribution in [-0.2, 0) is 11.3 Å². The van der Waals surface area contributed by atoms with Gasteiger partial charge in [0.05, 0.1) is 6.04 Å². The molecular formula is C12H15BrN2OS. The fraction of sp³-hybridized carbons (Fsp3) is 0.417. The molecule has 17 heavy (non-hydrogen) atoms. The summed E-state index contributed by atoms with van der Waals surface area (Å²) in [7, 11) is 1.85. The van der Waals surface area contributed by atoms with Crippen molar-refractivity contribution in [3.05, 3.63) is 34.3 Å². The maximum Gasteiger partial charge on any atom is 0.240 e. The van der Waals surface area contributed by atoms with Crippen molar-refractivity contribution in [2.45, 2.75) is 12.6 Å². The van der Waals surface area contributed by atoms with Crippen LogP contribution in [0.15, 0.2) is 28.7 Å². The number of nitrogens with one attached hydrogen (secondary N) is 1. The Morgan fingerprint density at radius 2 is 2.35 bits per heavy atom. The summed E-state index contributed by atoms with van der Waals surface area (Å²) < 4.78 is 1.05. The van der Waals surface area contributed by atoms with Crippen molar-refractivity contribution >= 4 is 33.6 Å². The molecule has 1 heterocycles. The number of hydrogen-bond acceptors (Lipinski definition) is 3. The SMILES string of the molecule is CN(Cc1ccccc1Br)C(=O)C1CSCN1. The fourth-order valence-corrected chi connectivity index (χ4v) is 3.12. The molecular weight excluding hydrogens is 300 g/mol. The summed E-state index contributed by atoms with van der Waals surface area (Å²) in [5.74, 6) is 1.92. The highest BCUT2D eigenvalue weighted by Gasteiger charge is 2.25. The Hall–Kier alpha value is -0.520. The predicted molar refractivity (Wildman–Crippen MR) is 74.9 cm³/mol. The van der Waals surface area contributed by atoms with Gasteiger partial charge >= 0.3 is 0 Å². The zero-order valence-electron chi connectivity index (χ0n) is 9.65. The number of benzene rings is 1. The number of halogens is 1. The zero-order valence-corrected chi connectivity index (χ0v) is 12.1. The average Bonchev–Trinajstić information content (AvgIpc) is 2.84. The summed E-state index contributed by atoms with van der Waals surface area (Å²) in [5, 5.41) is 3.20. The molecule has 0 bridgehead atoms. The molecule has 1 aromatic carbocycles. The molecule has 1 unspecified atom stereocenters. The number of amides is 1. The monoisotopic (exact) mass is 314 g/mol. The number of likely N-dealkylation sites (N-methyl/N-ethyl adjacent to an activating group) is 1. The topological polar surface area (TPSA) is 32.3 Å². The van der Waals surface area contributed by atoms with Gasteiger partial charge in [-0.15, -0.1) is 11.8 Å². The second-order valence-corrected chi connectivity index (χ2v) is 5.94. The van der Waals surface area contributed by atoms with Crippen LogP contribution in [0, 0.1) is 0 Å². The highest BCUT2D eigenvalue weighted by atomic mass is 79.9. The van der Waals surface area contributed by atoms with Crippen molar-refractivity contribution in [1.82, 2.24) is 10.2 Å². The molecule has 1 atom stereocenters. The van der Waals surface area contributed by atoms with E-state index >= 15 is 0 Å². The van der Waals surface area contributed by atoms with Crippen molar-refractivity contribution in [1.29, 1.82) is 0 Å². The lowest BCUT2D eigenvalue weighted by molar-refractivity contribution is -0.131. The third-order valence-corrected chi connectivity index (χ3v) is 4.47. The molecule has 1 amide bonds. The van der Waals surface area contributed by atoms with E-state index in [1.54, 1.807) is 16.7 Å². The van der Waals surface area contributed by atoms with Crippen LogP contribution in [0.2, 0.25) is 0 Å². The number of hydrogen-bond donors (Lipinski definition) is 1. The van der Waals surface area contributed by atoms with Gasteiger partial charge in [0.15, 0.2) is 0 Å². The van der Waals surface area contributed by atoms with Gasteiger partial charge in [-0.3, -0.25) is 10.1 Å². The molecule has 0 aliphatic carbocycles. The zero-order chi connectivity index (χ0) is 12.3. The van der Waals surface area contributed by atoms with E-state index in [4.69, 9.17) is 0 Å². The molecule has 1 aliphatic rings. The van der Waals surface area contributed by atoms with Crippen LogP contribution >= 0.6 is 27.7 Å². The molecule has 1 aliphatic heterocycles. The summed E-state index contributed by atoms with van der Waals surface area (Å²) in [6, 6.07) is 7.97. The van der Waals surface area contributed by atoms with Crippen molar-refractivity contribution in [2.24, 2.45) is 0 Å². The van der Waals surface area contributed by atoms with Crippen LogP contribution in [0.4, 0.5) is 0 Å². The molecule has 0 spiro atoms. The molecule has 0 saturated carbocycles. The van der Waals surface area contributed by atoms with Crippen LogP contribution in [0.3, 0.4) is 0 Å². The second-order valence-electron chi connectivity index (χ2n) is 4.06. The van der Waals surface area contributed by atoms with E-state index in [1.165, 1.54) is 0 Å². The van der Waals surface area contributed by atoms with Crippen LogP contribution in [0.1, 0.15) is 5.56 Å².